The predicted octanol–water partition coefficient (Wildman–Crippen LogP) is 3.82. The number of hydrogen-bond donors (Lipinski definition) is 1. The molecule has 31 heavy (non-hydrogen) atoms. The fraction of sp³-hybridized carbons (Fsp3) is 0.200. The molecule has 6 nitrogen and oxygen atoms in total. The summed E-state index contributed by atoms with van der Waals surface area (Å²) in [5.41, 5.74) is 2.94. The summed E-state index contributed by atoms with van der Waals surface area (Å²) >= 11 is 0. The van der Waals surface area contributed by atoms with E-state index in [1.165, 1.54) is 0 Å². The zero-order valence-electron chi connectivity index (χ0n) is 17.2. The number of ether oxygens (including phenoxy) is 1. The number of urea groups is 1. The Kier molecular flexibility index (Phi) is 6.47. The topological polar surface area (TPSA) is 61.9 Å². The third kappa shape index (κ3) is 5.42. The number of anilines is 1. The lowest BCUT2D eigenvalue weighted by Gasteiger charge is -2.18. The second-order valence-electron chi connectivity index (χ2n) is 7.39. The Morgan fingerprint density at radius 1 is 0.839 bits per heavy atom. The van der Waals surface area contributed by atoms with Gasteiger partial charge in [-0.1, -0.05) is 60.7 Å². The summed E-state index contributed by atoms with van der Waals surface area (Å²) < 4.78 is 5.78. The van der Waals surface area contributed by atoms with Gasteiger partial charge in [0.2, 0.25) is 5.91 Å². The molecule has 3 aromatic carbocycles. The van der Waals surface area contributed by atoms with Gasteiger partial charge in [-0.05, 0) is 35.4 Å². The van der Waals surface area contributed by atoms with E-state index in [0.717, 1.165) is 22.6 Å². The average molecular weight is 415 g/mol. The first-order chi connectivity index (χ1) is 15.2. The van der Waals surface area contributed by atoms with Gasteiger partial charge in [-0.2, -0.15) is 0 Å². The molecule has 1 aliphatic rings. The number of nitrogens with one attached hydrogen (secondary N) is 1. The highest BCUT2D eigenvalue weighted by atomic mass is 16.5. The van der Waals surface area contributed by atoms with E-state index in [0.29, 0.717) is 26.2 Å². The molecule has 158 valence electrons. The summed E-state index contributed by atoms with van der Waals surface area (Å²) in [6.07, 6.45) is 0. The molecular formula is C25H25N3O3. The lowest BCUT2D eigenvalue weighted by atomic mass is 10.2. The monoisotopic (exact) mass is 415 g/mol. The highest BCUT2D eigenvalue weighted by Crippen LogP contribution is 2.19. The highest BCUT2D eigenvalue weighted by molar-refractivity contribution is 5.96. The van der Waals surface area contributed by atoms with E-state index in [-0.39, 0.29) is 18.5 Å². The minimum absolute atomic E-state index is 0.0560. The number of rotatable bonds is 8. The summed E-state index contributed by atoms with van der Waals surface area (Å²) in [6, 6.07) is 27.0. The number of amides is 3. The summed E-state index contributed by atoms with van der Waals surface area (Å²) in [5, 5.41) is 2.89. The Labute approximate surface area is 182 Å². The van der Waals surface area contributed by atoms with Crippen LogP contribution in [0, 0.1) is 0 Å². The molecule has 0 aliphatic carbocycles. The number of carbonyl (C=O) groups is 2. The molecule has 0 unspecified atom stereocenters. The van der Waals surface area contributed by atoms with Crippen molar-refractivity contribution in [1.82, 2.24) is 10.2 Å². The van der Waals surface area contributed by atoms with Crippen molar-refractivity contribution in [2.75, 3.05) is 24.5 Å². The molecule has 0 aromatic heterocycles. The molecule has 1 aliphatic heterocycles. The molecule has 0 atom stereocenters. The lowest BCUT2D eigenvalue weighted by Crippen LogP contribution is -2.39. The number of nitrogens with zero attached hydrogens (tertiary/aromatic N) is 2. The maximum absolute atomic E-state index is 12.6. The highest BCUT2D eigenvalue weighted by Gasteiger charge is 2.30. The van der Waals surface area contributed by atoms with Crippen LogP contribution in [0.25, 0.3) is 0 Å². The van der Waals surface area contributed by atoms with Crippen LogP contribution in [0.5, 0.6) is 5.75 Å². The zero-order chi connectivity index (χ0) is 21.5. The van der Waals surface area contributed by atoms with Crippen LogP contribution in [0.2, 0.25) is 0 Å². The van der Waals surface area contributed by atoms with Crippen molar-refractivity contribution in [3.63, 3.8) is 0 Å². The van der Waals surface area contributed by atoms with Gasteiger partial charge >= 0.3 is 6.03 Å². The van der Waals surface area contributed by atoms with Crippen molar-refractivity contribution in [1.29, 1.82) is 0 Å². The first-order valence-corrected chi connectivity index (χ1v) is 10.3. The van der Waals surface area contributed by atoms with E-state index >= 15 is 0 Å². The molecule has 1 fully saturated rings. The van der Waals surface area contributed by atoms with Crippen LogP contribution >= 0.6 is 0 Å². The second-order valence-corrected chi connectivity index (χ2v) is 7.39. The van der Waals surface area contributed by atoms with Gasteiger partial charge in [0, 0.05) is 25.3 Å². The Balaban J connectivity index is 1.22. The predicted molar refractivity (Wildman–Crippen MR) is 120 cm³/mol. The molecule has 1 saturated heterocycles. The largest absolute Gasteiger partial charge is 0.489 e. The molecule has 6 heteroatoms. The Hall–Kier alpha value is -3.80. The van der Waals surface area contributed by atoms with Crippen molar-refractivity contribution >= 4 is 17.6 Å². The summed E-state index contributed by atoms with van der Waals surface area (Å²) in [6.45, 7) is 2.10. The van der Waals surface area contributed by atoms with Crippen molar-refractivity contribution in [2.24, 2.45) is 0 Å². The van der Waals surface area contributed by atoms with Crippen LogP contribution in [-0.4, -0.2) is 36.5 Å². The van der Waals surface area contributed by atoms with Gasteiger partial charge in [0.15, 0.2) is 0 Å². The minimum Gasteiger partial charge on any atom is -0.489 e. The van der Waals surface area contributed by atoms with Crippen LogP contribution < -0.4 is 15.0 Å². The van der Waals surface area contributed by atoms with Crippen molar-refractivity contribution in [3.8, 4) is 5.75 Å². The van der Waals surface area contributed by atoms with Gasteiger partial charge in [0.1, 0.15) is 18.9 Å². The van der Waals surface area contributed by atoms with E-state index < -0.39 is 0 Å². The van der Waals surface area contributed by atoms with Gasteiger partial charge in [-0.15, -0.1) is 0 Å². The third-order valence-corrected chi connectivity index (χ3v) is 5.16. The van der Waals surface area contributed by atoms with Gasteiger partial charge in [-0.25, -0.2) is 4.79 Å². The maximum atomic E-state index is 12.6. The van der Waals surface area contributed by atoms with Crippen LogP contribution in [0.15, 0.2) is 84.9 Å². The van der Waals surface area contributed by atoms with Gasteiger partial charge in [-0.3, -0.25) is 9.69 Å². The molecular weight excluding hydrogens is 390 g/mol. The van der Waals surface area contributed by atoms with E-state index in [1.54, 1.807) is 9.80 Å². The van der Waals surface area contributed by atoms with E-state index in [2.05, 4.69) is 5.32 Å². The molecule has 4 rings (SSSR count). The van der Waals surface area contributed by atoms with Gasteiger partial charge in [0.25, 0.3) is 0 Å². The molecule has 0 spiro atoms. The Morgan fingerprint density at radius 2 is 1.52 bits per heavy atom. The van der Waals surface area contributed by atoms with Crippen molar-refractivity contribution in [2.45, 2.75) is 13.2 Å². The number of hydrogen-bond acceptors (Lipinski definition) is 3. The van der Waals surface area contributed by atoms with Crippen LogP contribution in [0.1, 0.15) is 11.1 Å². The molecule has 1 N–H and O–H groups in total. The molecule has 0 saturated carbocycles. The first kappa shape index (κ1) is 20.5. The fourth-order valence-corrected chi connectivity index (χ4v) is 3.45. The Bertz CT molecular complexity index is 1010. The zero-order valence-corrected chi connectivity index (χ0v) is 17.2. The van der Waals surface area contributed by atoms with Gasteiger partial charge in [0.05, 0.1) is 0 Å². The molecule has 0 bridgehead atoms. The fourth-order valence-electron chi connectivity index (χ4n) is 3.45. The average Bonchev–Trinajstić information content (AvgIpc) is 3.18. The second kappa shape index (κ2) is 9.80. The van der Waals surface area contributed by atoms with Crippen LogP contribution in [-0.2, 0) is 17.9 Å². The number of para-hydroxylation sites is 1. The first-order valence-electron chi connectivity index (χ1n) is 10.3. The number of carbonyl (C=O) groups excluding carboxylic acids is 2. The molecule has 0 radical (unpaired) electrons. The quantitative estimate of drug-likeness (QED) is 0.608. The molecule has 3 amide bonds. The van der Waals surface area contributed by atoms with E-state index in [1.807, 2.05) is 84.9 Å². The van der Waals surface area contributed by atoms with Crippen LogP contribution in [0.4, 0.5) is 10.5 Å². The summed E-state index contributed by atoms with van der Waals surface area (Å²) in [4.78, 5) is 28.2. The van der Waals surface area contributed by atoms with Crippen molar-refractivity contribution in [3.05, 3.63) is 96.1 Å². The van der Waals surface area contributed by atoms with Gasteiger partial charge < -0.3 is 15.0 Å². The number of benzene rings is 3. The maximum Gasteiger partial charge on any atom is 0.325 e. The third-order valence-electron chi connectivity index (χ3n) is 5.16. The van der Waals surface area contributed by atoms with E-state index in [9.17, 15) is 9.59 Å². The minimum atomic E-state index is -0.173. The van der Waals surface area contributed by atoms with Crippen molar-refractivity contribution < 1.29 is 14.3 Å². The molecule has 1 heterocycles. The summed E-state index contributed by atoms with van der Waals surface area (Å²) in [5.74, 6) is 0.607. The summed E-state index contributed by atoms with van der Waals surface area (Å²) in [7, 11) is 0. The van der Waals surface area contributed by atoms with E-state index in [4.69, 9.17) is 4.74 Å². The normalized spacial score (nSPS) is 13.4. The van der Waals surface area contributed by atoms with Crippen LogP contribution in [0.3, 0.4) is 0 Å². The smallest absolute Gasteiger partial charge is 0.325 e. The lowest BCUT2D eigenvalue weighted by molar-refractivity contribution is -0.121. The Morgan fingerprint density at radius 3 is 2.23 bits per heavy atom. The standard InChI is InChI=1S/C25H25N3O3/c29-24(18-27-15-16-28(25(27)30)22-9-5-2-6-10-22)26-17-20-11-13-23(14-12-20)31-19-21-7-3-1-4-8-21/h1-14H,15-19H2,(H,26,29). The molecule has 3 aromatic rings. The SMILES string of the molecule is O=C(CN1CCN(c2ccccc2)C1=O)NCc1ccc(OCc2ccccc2)cc1.